The molecule has 8 heteroatoms. The molecule has 2 aliphatic heterocycles. The minimum Gasteiger partial charge on any atom is -1.00 e. The quantitative estimate of drug-likeness (QED) is 0.416. The molecule has 2 saturated heterocycles. The lowest BCUT2D eigenvalue weighted by Gasteiger charge is -2.37. The summed E-state index contributed by atoms with van der Waals surface area (Å²) in [5.74, 6) is -0.847. The van der Waals surface area contributed by atoms with E-state index in [1.807, 2.05) is 26.0 Å². The van der Waals surface area contributed by atoms with Crippen LogP contribution < -0.4 is 12.4 Å². The van der Waals surface area contributed by atoms with Crippen molar-refractivity contribution in [2.45, 2.75) is 44.8 Å². The van der Waals surface area contributed by atoms with Crippen molar-refractivity contribution in [2.24, 2.45) is 5.41 Å². The standard InChI is InChI=1S/C27H32N2O5.ClH/c1-20(2)29-23(30)19-26(24(29)31)13-15-28(16-14-26)17-18-34-25(32)27(33,21-9-5-3-6-10-21)22-11-7-4-8-12-22;/h3-12,20,33H,13-19H2,1-2H3;1H/p-1. The Kier molecular flexibility index (Phi) is 8.36. The molecule has 2 amide bonds. The number of esters is 1. The Morgan fingerprint density at radius 2 is 1.51 bits per heavy atom. The van der Waals surface area contributed by atoms with Gasteiger partial charge in [0.2, 0.25) is 17.4 Å². The van der Waals surface area contributed by atoms with Crippen LogP contribution in [0.25, 0.3) is 0 Å². The molecule has 2 fully saturated rings. The van der Waals surface area contributed by atoms with Crippen molar-refractivity contribution in [2.75, 3.05) is 26.2 Å². The second kappa shape index (κ2) is 10.9. The van der Waals surface area contributed by atoms with E-state index in [2.05, 4.69) is 4.90 Å². The number of rotatable bonds is 7. The van der Waals surface area contributed by atoms with Gasteiger partial charge in [0.25, 0.3) is 0 Å². The van der Waals surface area contributed by atoms with Crippen LogP contribution in [0.3, 0.4) is 0 Å². The highest BCUT2D eigenvalue weighted by Crippen LogP contribution is 2.42. The molecule has 7 nitrogen and oxygen atoms in total. The van der Waals surface area contributed by atoms with Crippen LogP contribution >= 0.6 is 0 Å². The van der Waals surface area contributed by atoms with Gasteiger partial charge in [-0.25, -0.2) is 4.79 Å². The summed E-state index contributed by atoms with van der Waals surface area (Å²) < 4.78 is 5.56. The van der Waals surface area contributed by atoms with Gasteiger partial charge in [-0.15, -0.1) is 0 Å². The zero-order valence-corrected chi connectivity index (χ0v) is 20.9. The third kappa shape index (κ3) is 5.13. The Labute approximate surface area is 212 Å². The van der Waals surface area contributed by atoms with Crippen molar-refractivity contribution < 1.29 is 36.6 Å². The molecule has 2 aromatic carbocycles. The van der Waals surface area contributed by atoms with Crippen molar-refractivity contribution in [1.29, 1.82) is 0 Å². The highest BCUT2D eigenvalue weighted by Gasteiger charge is 2.53. The van der Waals surface area contributed by atoms with Gasteiger partial charge in [0.15, 0.2) is 0 Å². The number of imide groups is 1. The summed E-state index contributed by atoms with van der Waals surface area (Å²) in [4.78, 5) is 41.9. The number of amides is 2. The molecule has 35 heavy (non-hydrogen) atoms. The van der Waals surface area contributed by atoms with Crippen molar-refractivity contribution in [3.63, 3.8) is 0 Å². The maximum Gasteiger partial charge on any atom is 0.347 e. The van der Waals surface area contributed by atoms with Crippen LogP contribution in [-0.4, -0.2) is 65.0 Å². The van der Waals surface area contributed by atoms with Crippen molar-refractivity contribution in [1.82, 2.24) is 9.80 Å². The molecular formula is C27H32ClN2O5-. The second-order valence-corrected chi connectivity index (χ2v) is 9.54. The molecule has 0 atom stereocenters. The van der Waals surface area contributed by atoms with Crippen molar-refractivity contribution >= 4 is 17.8 Å². The summed E-state index contributed by atoms with van der Waals surface area (Å²) in [7, 11) is 0. The SMILES string of the molecule is CC(C)N1C(=O)CC2(CCN(CCOC(=O)C(O)(c3ccccc3)c3ccccc3)CC2)C1=O.[Cl-]. The summed E-state index contributed by atoms with van der Waals surface area (Å²) in [6.45, 7) is 5.67. The van der Waals surface area contributed by atoms with Gasteiger partial charge < -0.3 is 22.3 Å². The molecule has 1 N–H and O–H groups in total. The summed E-state index contributed by atoms with van der Waals surface area (Å²) in [6.07, 6.45) is 1.52. The van der Waals surface area contributed by atoms with E-state index in [9.17, 15) is 19.5 Å². The largest absolute Gasteiger partial charge is 1.00 e. The average Bonchev–Trinajstić information content (AvgIpc) is 3.09. The lowest BCUT2D eigenvalue weighted by molar-refractivity contribution is -0.162. The Morgan fingerprint density at radius 1 is 1.00 bits per heavy atom. The third-order valence-corrected chi connectivity index (χ3v) is 7.08. The molecule has 0 aromatic heterocycles. The normalized spacial score (nSPS) is 18.1. The van der Waals surface area contributed by atoms with E-state index >= 15 is 0 Å². The van der Waals surface area contributed by atoms with E-state index in [1.165, 1.54) is 4.90 Å². The van der Waals surface area contributed by atoms with Crippen LogP contribution in [0.2, 0.25) is 0 Å². The zero-order valence-electron chi connectivity index (χ0n) is 20.2. The maximum absolute atomic E-state index is 13.1. The molecule has 1 spiro atoms. The molecule has 0 radical (unpaired) electrons. The molecule has 2 aliphatic rings. The molecule has 0 aliphatic carbocycles. The number of hydrogen-bond donors (Lipinski definition) is 1. The fourth-order valence-corrected chi connectivity index (χ4v) is 5.07. The van der Waals surface area contributed by atoms with Gasteiger partial charge in [0, 0.05) is 19.0 Å². The average molecular weight is 500 g/mol. The number of carbonyl (C=O) groups is 3. The molecular weight excluding hydrogens is 468 g/mol. The summed E-state index contributed by atoms with van der Waals surface area (Å²) in [5, 5.41) is 11.5. The maximum atomic E-state index is 13.1. The minimum atomic E-state index is -1.90. The number of carbonyl (C=O) groups excluding carboxylic acids is 3. The van der Waals surface area contributed by atoms with Gasteiger partial charge >= 0.3 is 5.97 Å². The van der Waals surface area contributed by atoms with E-state index < -0.39 is 17.0 Å². The highest BCUT2D eigenvalue weighted by atomic mass is 35.5. The topological polar surface area (TPSA) is 87.2 Å². The Hall–Kier alpha value is -2.74. The van der Waals surface area contributed by atoms with Gasteiger partial charge in [-0.1, -0.05) is 60.7 Å². The third-order valence-electron chi connectivity index (χ3n) is 7.08. The van der Waals surface area contributed by atoms with Crippen molar-refractivity contribution in [3.05, 3.63) is 71.8 Å². The number of likely N-dealkylation sites (tertiary alicyclic amines) is 2. The van der Waals surface area contributed by atoms with Gasteiger partial charge in [-0.05, 0) is 50.9 Å². The Bertz CT molecular complexity index is 997. The van der Waals surface area contributed by atoms with Gasteiger partial charge in [0.05, 0.1) is 5.41 Å². The monoisotopic (exact) mass is 499 g/mol. The van der Waals surface area contributed by atoms with Crippen LogP contribution in [-0.2, 0) is 24.7 Å². The first-order valence-electron chi connectivity index (χ1n) is 11.9. The lowest BCUT2D eigenvalue weighted by atomic mass is 9.77. The van der Waals surface area contributed by atoms with Crippen LogP contribution in [0.4, 0.5) is 0 Å². The molecule has 0 saturated carbocycles. The minimum absolute atomic E-state index is 0. The van der Waals surface area contributed by atoms with E-state index in [1.54, 1.807) is 48.5 Å². The van der Waals surface area contributed by atoms with Crippen LogP contribution in [0.1, 0.15) is 44.2 Å². The first-order chi connectivity index (χ1) is 16.3. The van der Waals surface area contributed by atoms with E-state index in [0.29, 0.717) is 43.6 Å². The van der Waals surface area contributed by atoms with E-state index in [4.69, 9.17) is 4.74 Å². The summed E-state index contributed by atoms with van der Waals surface area (Å²) in [5.41, 5.74) is -1.59. The van der Waals surface area contributed by atoms with E-state index in [-0.39, 0.29) is 43.3 Å². The zero-order chi connectivity index (χ0) is 24.3. The highest BCUT2D eigenvalue weighted by molar-refractivity contribution is 6.06. The summed E-state index contributed by atoms with van der Waals surface area (Å²) >= 11 is 0. The van der Waals surface area contributed by atoms with Crippen molar-refractivity contribution in [3.8, 4) is 0 Å². The number of nitrogens with zero attached hydrogens (tertiary/aromatic N) is 2. The van der Waals surface area contributed by atoms with Gasteiger partial charge in [-0.3, -0.25) is 19.4 Å². The predicted molar refractivity (Wildman–Crippen MR) is 127 cm³/mol. The van der Waals surface area contributed by atoms with Crippen LogP contribution in [0.5, 0.6) is 0 Å². The van der Waals surface area contributed by atoms with Gasteiger partial charge in [0.1, 0.15) is 6.61 Å². The number of benzene rings is 2. The second-order valence-electron chi connectivity index (χ2n) is 9.54. The Morgan fingerprint density at radius 3 is 1.97 bits per heavy atom. The number of piperidine rings is 1. The molecule has 0 bridgehead atoms. The molecule has 4 rings (SSSR count). The molecule has 2 heterocycles. The summed E-state index contributed by atoms with van der Waals surface area (Å²) in [6, 6.07) is 17.5. The number of aliphatic hydroxyl groups is 1. The van der Waals surface area contributed by atoms with E-state index in [0.717, 1.165) is 0 Å². The number of ether oxygens (including phenoxy) is 1. The lowest BCUT2D eigenvalue weighted by Crippen LogP contribution is -3.00. The molecule has 188 valence electrons. The fraction of sp³-hybridized carbons (Fsp3) is 0.444. The predicted octanol–water partition coefficient (Wildman–Crippen LogP) is -0.281. The fourth-order valence-electron chi connectivity index (χ4n) is 5.07. The molecule has 2 aromatic rings. The van der Waals surface area contributed by atoms with Crippen LogP contribution in [0.15, 0.2) is 60.7 Å². The first-order valence-corrected chi connectivity index (χ1v) is 11.9. The Balaban J connectivity index is 0.00000342. The van der Waals surface area contributed by atoms with Gasteiger partial charge in [-0.2, -0.15) is 0 Å². The smallest absolute Gasteiger partial charge is 0.347 e. The van der Waals surface area contributed by atoms with Crippen LogP contribution in [0, 0.1) is 5.41 Å². The molecule has 0 unspecified atom stereocenters. The first kappa shape index (κ1) is 26.9. The number of hydrogen-bond acceptors (Lipinski definition) is 6. The number of halogens is 1.